The molecule has 1 unspecified atom stereocenters. The average Bonchev–Trinajstić information content (AvgIpc) is 2.90. The van der Waals surface area contributed by atoms with E-state index >= 15 is 0 Å². The van der Waals surface area contributed by atoms with Crippen molar-refractivity contribution >= 4 is 0 Å². The quantitative estimate of drug-likeness (QED) is 0.850. The molecule has 21 heavy (non-hydrogen) atoms. The first kappa shape index (κ1) is 14.2. The fourth-order valence-electron chi connectivity index (χ4n) is 2.93. The van der Waals surface area contributed by atoms with Crippen LogP contribution in [-0.2, 0) is 13.1 Å². The Balaban J connectivity index is 1.69. The maximum absolute atomic E-state index is 4.14. The Labute approximate surface area is 125 Å². The third kappa shape index (κ3) is 3.29. The minimum absolute atomic E-state index is 0.409. The highest BCUT2D eigenvalue weighted by Crippen LogP contribution is 2.37. The van der Waals surface area contributed by atoms with Crippen molar-refractivity contribution in [2.75, 3.05) is 0 Å². The van der Waals surface area contributed by atoms with E-state index in [0.29, 0.717) is 6.04 Å². The molecular weight excluding hydrogens is 262 g/mol. The number of benzene rings is 1. The van der Waals surface area contributed by atoms with Gasteiger partial charge in [-0.25, -0.2) is 4.68 Å². The highest BCUT2D eigenvalue weighted by atomic mass is 15.5. The maximum Gasteiger partial charge on any atom is 0.165 e. The number of aryl methyl sites for hydroxylation is 1. The van der Waals surface area contributed by atoms with E-state index < -0.39 is 0 Å². The zero-order valence-corrected chi connectivity index (χ0v) is 12.6. The van der Waals surface area contributed by atoms with Crippen molar-refractivity contribution < 1.29 is 0 Å². The van der Waals surface area contributed by atoms with Crippen LogP contribution in [0, 0.1) is 5.92 Å². The van der Waals surface area contributed by atoms with Crippen LogP contribution >= 0.6 is 0 Å². The molecule has 5 heteroatoms. The number of rotatable bonds is 7. The molecule has 0 amide bonds. The summed E-state index contributed by atoms with van der Waals surface area (Å²) in [6, 6.07) is 11.1. The van der Waals surface area contributed by atoms with Gasteiger partial charge < -0.3 is 5.32 Å². The molecule has 1 N–H and O–H groups in total. The lowest BCUT2D eigenvalue weighted by atomic mass is 9.77. The van der Waals surface area contributed by atoms with Gasteiger partial charge in [-0.2, -0.15) is 0 Å². The molecule has 1 fully saturated rings. The second kappa shape index (κ2) is 6.80. The monoisotopic (exact) mass is 285 g/mol. The van der Waals surface area contributed by atoms with Crippen molar-refractivity contribution in [2.45, 2.75) is 51.7 Å². The van der Waals surface area contributed by atoms with E-state index in [1.165, 1.54) is 24.8 Å². The molecule has 1 aliphatic rings. The van der Waals surface area contributed by atoms with Crippen LogP contribution in [0.4, 0.5) is 0 Å². The van der Waals surface area contributed by atoms with Crippen molar-refractivity contribution in [2.24, 2.45) is 5.92 Å². The van der Waals surface area contributed by atoms with E-state index in [-0.39, 0.29) is 0 Å². The van der Waals surface area contributed by atoms with Crippen LogP contribution in [0.1, 0.15) is 50.0 Å². The number of aromatic nitrogens is 4. The van der Waals surface area contributed by atoms with E-state index in [2.05, 4.69) is 58.1 Å². The highest BCUT2D eigenvalue weighted by molar-refractivity contribution is 5.20. The molecule has 2 aromatic rings. The van der Waals surface area contributed by atoms with E-state index in [4.69, 9.17) is 0 Å². The number of hydrogen-bond acceptors (Lipinski definition) is 4. The van der Waals surface area contributed by atoms with Crippen molar-refractivity contribution in [3.8, 4) is 0 Å². The Morgan fingerprint density at radius 2 is 2.10 bits per heavy atom. The Morgan fingerprint density at radius 3 is 2.76 bits per heavy atom. The van der Waals surface area contributed by atoms with Gasteiger partial charge in [0.05, 0.1) is 6.54 Å². The van der Waals surface area contributed by atoms with Gasteiger partial charge in [0.25, 0.3) is 0 Å². The third-order valence-electron chi connectivity index (χ3n) is 4.30. The largest absolute Gasteiger partial charge is 0.303 e. The first-order valence-electron chi connectivity index (χ1n) is 7.92. The van der Waals surface area contributed by atoms with Crippen LogP contribution in [0.5, 0.6) is 0 Å². The minimum Gasteiger partial charge on any atom is -0.303 e. The Kier molecular flexibility index (Phi) is 4.60. The van der Waals surface area contributed by atoms with Crippen LogP contribution in [0.3, 0.4) is 0 Å². The molecule has 1 atom stereocenters. The summed E-state index contributed by atoms with van der Waals surface area (Å²) < 4.78 is 1.90. The molecule has 0 radical (unpaired) electrons. The van der Waals surface area contributed by atoms with Crippen LogP contribution in [0.15, 0.2) is 30.3 Å². The van der Waals surface area contributed by atoms with Crippen LogP contribution in [0.25, 0.3) is 0 Å². The van der Waals surface area contributed by atoms with Crippen molar-refractivity contribution in [1.29, 1.82) is 0 Å². The molecular formula is C16H23N5. The van der Waals surface area contributed by atoms with E-state index in [9.17, 15) is 0 Å². The fraction of sp³-hybridized carbons (Fsp3) is 0.562. The summed E-state index contributed by atoms with van der Waals surface area (Å²) in [5.74, 6) is 1.67. The second-order valence-electron chi connectivity index (χ2n) is 5.78. The van der Waals surface area contributed by atoms with Gasteiger partial charge in [-0.1, -0.05) is 43.7 Å². The summed E-state index contributed by atoms with van der Waals surface area (Å²) in [5, 5.41) is 15.7. The van der Waals surface area contributed by atoms with Gasteiger partial charge in [0.1, 0.15) is 0 Å². The summed E-state index contributed by atoms with van der Waals surface area (Å²) >= 11 is 0. The van der Waals surface area contributed by atoms with Crippen molar-refractivity contribution in [3.63, 3.8) is 0 Å². The summed E-state index contributed by atoms with van der Waals surface area (Å²) in [5.41, 5.74) is 1.37. The zero-order chi connectivity index (χ0) is 14.5. The second-order valence-corrected chi connectivity index (χ2v) is 5.78. The lowest BCUT2D eigenvalue weighted by Crippen LogP contribution is -2.32. The molecule has 0 bridgehead atoms. The molecule has 0 aliphatic heterocycles. The first-order chi connectivity index (χ1) is 10.4. The molecule has 112 valence electrons. The Bertz CT molecular complexity index is 547. The van der Waals surface area contributed by atoms with Crippen LogP contribution in [-0.4, -0.2) is 20.2 Å². The number of tetrazole rings is 1. The predicted octanol–water partition coefficient (Wildman–Crippen LogP) is 2.71. The van der Waals surface area contributed by atoms with Gasteiger partial charge >= 0.3 is 0 Å². The first-order valence-corrected chi connectivity index (χ1v) is 7.92. The molecule has 0 saturated heterocycles. The lowest BCUT2D eigenvalue weighted by molar-refractivity contribution is 0.227. The van der Waals surface area contributed by atoms with E-state index in [1.807, 2.05) is 4.68 Å². The fourth-order valence-corrected chi connectivity index (χ4v) is 2.93. The normalized spacial score (nSPS) is 16.6. The number of nitrogens with one attached hydrogen (secondary N) is 1. The summed E-state index contributed by atoms with van der Waals surface area (Å²) in [6.07, 6.45) is 5.02. The standard InChI is InChI=1S/C16H23N5/c1-2-11-21-15(18-19-20-21)12-17-16(14-9-6-10-14)13-7-4-3-5-8-13/h3-5,7-8,14,16-17H,2,6,9-12H2,1H3. The molecule has 1 aromatic carbocycles. The average molecular weight is 285 g/mol. The van der Waals surface area contributed by atoms with Crippen molar-refractivity contribution in [3.05, 3.63) is 41.7 Å². The lowest BCUT2D eigenvalue weighted by Gasteiger charge is -2.34. The van der Waals surface area contributed by atoms with Gasteiger partial charge in [0.15, 0.2) is 5.82 Å². The van der Waals surface area contributed by atoms with E-state index in [1.54, 1.807) is 0 Å². The predicted molar refractivity (Wildman–Crippen MR) is 81.5 cm³/mol. The minimum atomic E-state index is 0.409. The van der Waals surface area contributed by atoms with Gasteiger partial charge in [-0.3, -0.25) is 0 Å². The molecule has 1 saturated carbocycles. The SMILES string of the molecule is CCCn1nnnc1CNC(c1ccccc1)C1CCC1. The number of hydrogen-bond donors (Lipinski definition) is 1. The number of nitrogens with zero attached hydrogens (tertiary/aromatic N) is 4. The topological polar surface area (TPSA) is 55.6 Å². The van der Waals surface area contributed by atoms with Gasteiger partial charge in [-0.05, 0) is 41.2 Å². The van der Waals surface area contributed by atoms with Crippen LogP contribution in [0.2, 0.25) is 0 Å². The van der Waals surface area contributed by atoms with E-state index in [0.717, 1.165) is 31.3 Å². The molecule has 1 aromatic heterocycles. The summed E-state index contributed by atoms with van der Waals surface area (Å²) in [4.78, 5) is 0. The Morgan fingerprint density at radius 1 is 1.29 bits per heavy atom. The smallest absolute Gasteiger partial charge is 0.165 e. The molecule has 5 nitrogen and oxygen atoms in total. The summed E-state index contributed by atoms with van der Waals surface area (Å²) in [6.45, 7) is 3.74. The maximum atomic E-state index is 4.14. The van der Waals surface area contributed by atoms with Gasteiger partial charge in [-0.15, -0.1) is 5.10 Å². The van der Waals surface area contributed by atoms with Gasteiger partial charge in [0.2, 0.25) is 0 Å². The highest BCUT2D eigenvalue weighted by Gasteiger charge is 2.28. The third-order valence-corrected chi connectivity index (χ3v) is 4.30. The molecule has 1 heterocycles. The molecule has 1 aliphatic carbocycles. The molecule has 0 spiro atoms. The van der Waals surface area contributed by atoms with Crippen LogP contribution < -0.4 is 5.32 Å². The zero-order valence-electron chi connectivity index (χ0n) is 12.6. The summed E-state index contributed by atoms with van der Waals surface area (Å²) in [7, 11) is 0. The molecule has 3 rings (SSSR count). The Hall–Kier alpha value is -1.75. The van der Waals surface area contributed by atoms with Gasteiger partial charge in [0, 0.05) is 12.6 Å². The van der Waals surface area contributed by atoms with Crippen molar-refractivity contribution in [1.82, 2.24) is 25.5 Å².